The van der Waals surface area contributed by atoms with Crippen molar-refractivity contribution in [3.8, 4) is 6.07 Å². The zero-order chi connectivity index (χ0) is 20.8. The van der Waals surface area contributed by atoms with Crippen molar-refractivity contribution in [3.63, 3.8) is 0 Å². The number of carbonyl (C=O) groups excluding carboxylic acids is 1. The van der Waals surface area contributed by atoms with Crippen LogP contribution in [0.1, 0.15) is 11.1 Å². The van der Waals surface area contributed by atoms with Crippen LogP contribution in [0.4, 0.5) is 5.82 Å². The van der Waals surface area contributed by atoms with E-state index in [0.717, 1.165) is 27.8 Å². The fourth-order valence-corrected chi connectivity index (χ4v) is 3.43. The number of hydrogen-bond donors (Lipinski definition) is 1. The molecule has 0 atom stereocenters. The van der Waals surface area contributed by atoms with Crippen molar-refractivity contribution < 1.29 is 9.53 Å². The maximum atomic E-state index is 12.6. The van der Waals surface area contributed by atoms with Gasteiger partial charge in [-0.15, -0.1) is 0 Å². The minimum Gasteiger partial charge on any atom is -0.378 e. The molecule has 150 valence electrons. The number of rotatable bonds is 5. The van der Waals surface area contributed by atoms with Crippen LogP contribution >= 0.6 is 0 Å². The third kappa shape index (κ3) is 4.48. The monoisotopic (exact) mass is 398 g/mol. The molecule has 30 heavy (non-hydrogen) atoms. The molecular formula is C24H22N4O2. The summed E-state index contributed by atoms with van der Waals surface area (Å²) in [6.07, 6.45) is 1.63. The van der Waals surface area contributed by atoms with Gasteiger partial charge in [0.2, 0.25) is 0 Å². The average Bonchev–Trinajstić information content (AvgIpc) is 2.81. The van der Waals surface area contributed by atoms with Gasteiger partial charge in [0.05, 0.1) is 18.7 Å². The number of nitrogens with one attached hydrogen (secondary N) is 1. The molecule has 2 aromatic carbocycles. The van der Waals surface area contributed by atoms with Crippen LogP contribution in [0, 0.1) is 11.3 Å². The first kappa shape index (κ1) is 19.6. The van der Waals surface area contributed by atoms with Crippen LogP contribution in [0.25, 0.3) is 17.0 Å². The van der Waals surface area contributed by atoms with Gasteiger partial charge < -0.3 is 15.0 Å². The van der Waals surface area contributed by atoms with Crippen molar-refractivity contribution in [1.29, 1.82) is 5.26 Å². The van der Waals surface area contributed by atoms with Gasteiger partial charge in [0.15, 0.2) is 0 Å². The molecule has 1 aliphatic heterocycles. The van der Waals surface area contributed by atoms with Crippen LogP contribution in [0.2, 0.25) is 0 Å². The minimum atomic E-state index is -0.401. The van der Waals surface area contributed by atoms with Gasteiger partial charge in [-0.25, -0.2) is 4.98 Å². The predicted octanol–water partition coefficient (Wildman–Crippen LogP) is 3.29. The van der Waals surface area contributed by atoms with Crippen molar-refractivity contribution in [3.05, 3.63) is 77.4 Å². The Labute approximate surface area is 175 Å². The van der Waals surface area contributed by atoms with Crippen LogP contribution in [-0.4, -0.2) is 37.2 Å². The third-order valence-corrected chi connectivity index (χ3v) is 5.00. The van der Waals surface area contributed by atoms with Gasteiger partial charge in [-0.1, -0.05) is 48.5 Å². The summed E-state index contributed by atoms with van der Waals surface area (Å²) in [5.74, 6) is 0.364. The van der Waals surface area contributed by atoms with Crippen LogP contribution in [0.3, 0.4) is 0 Å². The first-order valence-electron chi connectivity index (χ1n) is 9.91. The molecule has 4 rings (SSSR count). The van der Waals surface area contributed by atoms with E-state index in [2.05, 4.69) is 10.2 Å². The van der Waals surface area contributed by atoms with Crippen molar-refractivity contribution in [1.82, 2.24) is 10.3 Å². The van der Waals surface area contributed by atoms with E-state index >= 15 is 0 Å². The smallest absolute Gasteiger partial charge is 0.262 e. The Morgan fingerprint density at radius 1 is 1.13 bits per heavy atom. The Morgan fingerprint density at radius 3 is 2.63 bits per heavy atom. The summed E-state index contributed by atoms with van der Waals surface area (Å²) < 4.78 is 5.46. The normalized spacial score (nSPS) is 14.4. The molecule has 0 spiro atoms. The Kier molecular flexibility index (Phi) is 6.02. The minimum absolute atomic E-state index is 0.0533. The van der Waals surface area contributed by atoms with E-state index in [9.17, 15) is 10.1 Å². The highest BCUT2D eigenvalue weighted by atomic mass is 16.5. The van der Waals surface area contributed by atoms with Crippen molar-refractivity contribution >= 4 is 28.7 Å². The number of carbonyl (C=O) groups is 1. The van der Waals surface area contributed by atoms with Crippen LogP contribution in [0.5, 0.6) is 0 Å². The molecule has 3 aromatic rings. The summed E-state index contributed by atoms with van der Waals surface area (Å²) in [5, 5.41) is 13.4. The predicted molar refractivity (Wildman–Crippen MR) is 117 cm³/mol. The topological polar surface area (TPSA) is 78.2 Å². The number of hydrogen-bond acceptors (Lipinski definition) is 5. The number of pyridine rings is 1. The van der Waals surface area contributed by atoms with Crippen LogP contribution in [-0.2, 0) is 16.1 Å². The fraction of sp³-hybridized carbons (Fsp3) is 0.208. The third-order valence-electron chi connectivity index (χ3n) is 5.00. The van der Waals surface area contributed by atoms with Gasteiger partial charge in [0.1, 0.15) is 17.5 Å². The van der Waals surface area contributed by atoms with Crippen molar-refractivity contribution in [2.75, 3.05) is 31.2 Å². The van der Waals surface area contributed by atoms with Crippen molar-refractivity contribution in [2.45, 2.75) is 6.54 Å². The first-order chi connectivity index (χ1) is 14.7. The highest BCUT2D eigenvalue weighted by Crippen LogP contribution is 2.26. The quantitative estimate of drug-likeness (QED) is 0.527. The molecule has 0 saturated carbocycles. The summed E-state index contributed by atoms with van der Waals surface area (Å²) in [6, 6.07) is 21.5. The number of nitriles is 1. The fourth-order valence-electron chi connectivity index (χ4n) is 3.43. The molecule has 2 heterocycles. The Morgan fingerprint density at radius 2 is 1.87 bits per heavy atom. The van der Waals surface area contributed by atoms with Gasteiger partial charge in [-0.05, 0) is 23.8 Å². The standard InChI is InChI=1S/C24H22N4O2/c25-16-21(24(29)26-17-18-6-2-1-3-7-18)15-20-14-19-8-4-5-9-22(19)27-23(20)28-10-12-30-13-11-28/h1-9,14-15H,10-13,17H2,(H,26,29). The number of para-hydroxylation sites is 1. The summed E-state index contributed by atoms with van der Waals surface area (Å²) >= 11 is 0. The number of fused-ring (bicyclic) bond motifs is 1. The molecule has 1 N–H and O–H groups in total. The lowest BCUT2D eigenvalue weighted by Crippen LogP contribution is -2.37. The van der Waals surface area contributed by atoms with Crippen LogP contribution in [0.15, 0.2) is 66.2 Å². The second kappa shape index (κ2) is 9.21. The second-order valence-electron chi connectivity index (χ2n) is 7.03. The molecule has 0 aliphatic carbocycles. The molecular weight excluding hydrogens is 376 g/mol. The Balaban J connectivity index is 1.66. The summed E-state index contributed by atoms with van der Waals surface area (Å²) in [5.41, 5.74) is 2.66. The molecule has 1 aliphatic rings. The number of morpholine rings is 1. The lowest BCUT2D eigenvalue weighted by molar-refractivity contribution is -0.117. The van der Waals surface area contributed by atoms with E-state index in [4.69, 9.17) is 9.72 Å². The lowest BCUT2D eigenvalue weighted by Gasteiger charge is -2.29. The number of ether oxygens (including phenoxy) is 1. The van der Waals surface area contributed by atoms with E-state index in [1.165, 1.54) is 0 Å². The van der Waals surface area contributed by atoms with E-state index < -0.39 is 5.91 Å². The summed E-state index contributed by atoms with van der Waals surface area (Å²) in [7, 11) is 0. The molecule has 6 heteroatoms. The van der Waals surface area contributed by atoms with E-state index in [-0.39, 0.29) is 5.57 Å². The van der Waals surface area contributed by atoms with E-state index in [1.807, 2.05) is 66.7 Å². The summed E-state index contributed by atoms with van der Waals surface area (Å²) in [4.78, 5) is 19.6. The van der Waals surface area contributed by atoms with Gasteiger partial charge in [0, 0.05) is 30.6 Å². The molecule has 1 fully saturated rings. The van der Waals surface area contributed by atoms with Gasteiger partial charge in [-0.2, -0.15) is 5.26 Å². The molecule has 1 saturated heterocycles. The highest BCUT2D eigenvalue weighted by Gasteiger charge is 2.18. The van der Waals surface area contributed by atoms with Gasteiger partial charge in [0.25, 0.3) is 5.91 Å². The zero-order valence-corrected chi connectivity index (χ0v) is 16.5. The number of nitrogens with zero attached hydrogens (tertiary/aromatic N) is 3. The molecule has 1 aromatic heterocycles. The second-order valence-corrected chi connectivity index (χ2v) is 7.03. The lowest BCUT2D eigenvalue weighted by atomic mass is 10.1. The number of benzene rings is 2. The highest BCUT2D eigenvalue weighted by molar-refractivity contribution is 6.02. The first-order valence-corrected chi connectivity index (χ1v) is 9.91. The average molecular weight is 398 g/mol. The number of aromatic nitrogens is 1. The molecule has 0 radical (unpaired) electrons. The largest absolute Gasteiger partial charge is 0.378 e. The SMILES string of the molecule is N#CC(=Cc1cc2ccccc2nc1N1CCOCC1)C(=O)NCc1ccccc1. The van der Waals surface area contributed by atoms with Crippen LogP contribution < -0.4 is 10.2 Å². The Bertz CT molecular complexity index is 1110. The van der Waals surface area contributed by atoms with E-state index in [0.29, 0.717) is 32.8 Å². The van der Waals surface area contributed by atoms with Gasteiger partial charge >= 0.3 is 0 Å². The summed E-state index contributed by atoms with van der Waals surface area (Å²) in [6.45, 7) is 3.05. The van der Waals surface area contributed by atoms with Gasteiger partial charge in [-0.3, -0.25) is 4.79 Å². The Hall–Kier alpha value is -3.69. The molecule has 0 bridgehead atoms. The number of amides is 1. The maximum Gasteiger partial charge on any atom is 0.262 e. The van der Waals surface area contributed by atoms with E-state index in [1.54, 1.807) is 6.08 Å². The number of anilines is 1. The molecule has 6 nitrogen and oxygen atoms in total. The maximum absolute atomic E-state index is 12.6. The molecule has 0 unspecified atom stereocenters. The zero-order valence-electron chi connectivity index (χ0n) is 16.5. The molecule has 1 amide bonds. The van der Waals surface area contributed by atoms with Crippen molar-refractivity contribution in [2.24, 2.45) is 0 Å².